The normalized spacial score (nSPS) is 10.5. The molecule has 0 radical (unpaired) electrons. The van der Waals surface area contributed by atoms with Crippen molar-refractivity contribution in [2.45, 2.75) is 6.92 Å². The molecule has 0 aromatic carbocycles. The summed E-state index contributed by atoms with van der Waals surface area (Å²) in [7, 11) is 0. The molecule has 0 spiro atoms. The Balaban J connectivity index is 2.87. The smallest absolute Gasteiger partial charge is 0.167 e. The first kappa shape index (κ1) is 6.74. The average Bonchev–Trinajstić information content (AvgIpc) is 2.37. The molecule has 1 aromatic heterocycles. The Morgan fingerprint density at radius 1 is 1.70 bits per heavy atom. The molecule has 3 nitrogen and oxygen atoms in total. The molecule has 1 N–H and O–H groups in total. The van der Waals surface area contributed by atoms with Gasteiger partial charge in [0.1, 0.15) is 5.82 Å². The van der Waals surface area contributed by atoms with Gasteiger partial charge < -0.3 is 4.98 Å². The van der Waals surface area contributed by atoms with E-state index in [1.54, 1.807) is 6.08 Å². The fourth-order valence-electron chi connectivity index (χ4n) is 0.654. The number of rotatable bonds is 2. The van der Waals surface area contributed by atoms with Gasteiger partial charge in [0.2, 0.25) is 0 Å². The topological polar surface area (TPSA) is 45.8 Å². The van der Waals surface area contributed by atoms with Crippen LogP contribution in [0, 0.1) is 0 Å². The molecule has 1 rings (SSSR count). The van der Waals surface area contributed by atoms with E-state index in [0.29, 0.717) is 11.5 Å². The number of aldehydes is 1. The molecule has 3 heteroatoms. The number of hydrogen-bond acceptors (Lipinski definition) is 2. The van der Waals surface area contributed by atoms with Gasteiger partial charge in [-0.2, -0.15) is 0 Å². The van der Waals surface area contributed by atoms with Gasteiger partial charge in [0, 0.05) is 0 Å². The molecule has 0 saturated heterocycles. The molecular weight excluding hydrogens is 128 g/mol. The molecule has 1 heterocycles. The number of imidazole rings is 1. The standard InChI is InChI=1S/C7H8N2O/c1-2-3-7-8-4-6(5-10)9-7/h2-5H,1H3,(H,8,9). The highest BCUT2D eigenvalue weighted by molar-refractivity contribution is 5.71. The van der Waals surface area contributed by atoms with E-state index < -0.39 is 0 Å². The lowest BCUT2D eigenvalue weighted by molar-refractivity contribution is 0.111. The van der Waals surface area contributed by atoms with Gasteiger partial charge in [-0.05, 0) is 13.0 Å². The fourth-order valence-corrected chi connectivity index (χ4v) is 0.654. The third kappa shape index (κ3) is 1.31. The maximum atomic E-state index is 10.1. The maximum Gasteiger partial charge on any atom is 0.167 e. The zero-order chi connectivity index (χ0) is 7.40. The van der Waals surface area contributed by atoms with Crippen LogP contribution in [0.5, 0.6) is 0 Å². The van der Waals surface area contributed by atoms with Gasteiger partial charge in [0.05, 0.1) is 11.9 Å². The number of aromatic nitrogens is 2. The van der Waals surface area contributed by atoms with Crippen LogP contribution in [-0.4, -0.2) is 16.3 Å². The van der Waals surface area contributed by atoms with E-state index in [9.17, 15) is 4.79 Å². The van der Waals surface area contributed by atoms with Crippen LogP contribution >= 0.6 is 0 Å². The average molecular weight is 136 g/mol. The number of nitrogens with zero attached hydrogens (tertiary/aromatic N) is 1. The summed E-state index contributed by atoms with van der Waals surface area (Å²) in [6.07, 6.45) is 5.89. The SMILES string of the molecule is CC=Cc1ncc(C=O)[nH]1. The van der Waals surface area contributed by atoms with Crippen molar-refractivity contribution in [3.63, 3.8) is 0 Å². The molecule has 0 aliphatic carbocycles. The molecule has 0 fully saturated rings. The number of allylic oxidation sites excluding steroid dienone is 1. The molecule has 0 atom stereocenters. The lowest BCUT2D eigenvalue weighted by Crippen LogP contribution is -1.77. The zero-order valence-corrected chi connectivity index (χ0v) is 5.66. The predicted molar refractivity (Wildman–Crippen MR) is 38.7 cm³/mol. The predicted octanol–water partition coefficient (Wildman–Crippen LogP) is 1.26. The molecule has 0 bridgehead atoms. The van der Waals surface area contributed by atoms with Crippen molar-refractivity contribution in [1.82, 2.24) is 9.97 Å². The Morgan fingerprint density at radius 2 is 2.50 bits per heavy atom. The second-order valence-corrected chi connectivity index (χ2v) is 1.84. The minimum atomic E-state index is 0.508. The quantitative estimate of drug-likeness (QED) is 0.622. The summed E-state index contributed by atoms with van der Waals surface area (Å²) in [5, 5.41) is 0. The van der Waals surface area contributed by atoms with Crippen molar-refractivity contribution in [2.75, 3.05) is 0 Å². The first-order chi connectivity index (χ1) is 4.86. The van der Waals surface area contributed by atoms with Crippen LogP contribution in [0.1, 0.15) is 23.2 Å². The summed E-state index contributed by atoms with van der Waals surface area (Å²) in [5.41, 5.74) is 0.508. The number of carbonyl (C=O) groups excluding carboxylic acids is 1. The van der Waals surface area contributed by atoms with Crippen LogP contribution in [0.2, 0.25) is 0 Å². The number of H-pyrrole nitrogens is 1. The van der Waals surface area contributed by atoms with E-state index in [-0.39, 0.29) is 0 Å². The Hall–Kier alpha value is -1.38. The Bertz CT molecular complexity index is 250. The fraction of sp³-hybridized carbons (Fsp3) is 0.143. The first-order valence-electron chi connectivity index (χ1n) is 2.99. The van der Waals surface area contributed by atoms with Crippen molar-refractivity contribution >= 4 is 12.4 Å². The lowest BCUT2D eigenvalue weighted by Gasteiger charge is -1.78. The van der Waals surface area contributed by atoms with Gasteiger partial charge in [-0.1, -0.05) is 6.08 Å². The summed E-state index contributed by atoms with van der Waals surface area (Å²) in [4.78, 5) is 16.8. The number of nitrogens with one attached hydrogen (secondary N) is 1. The molecule has 0 unspecified atom stereocenters. The molecule has 0 saturated carbocycles. The molecule has 1 aromatic rings. The van der Waals surface area contributed by atoms with E-state index in [1.165, 1.54) is 6.20 Å². The molecule has 52 valence electrons. The number of aromatic amines is 1. The van der Waals surface area contributed by atoms with Gasteiger partial charge >= 0.3 is 0 Å². The molecule has 0 aliphatic heterocycles. The summed E-state index contributed by atoms with van der Waals surface area (Å²) < 4.78 is 0. The highest BCUT2D eigenvalue weighted by Crippen LogP contribution is 1.95. The highest BCUT2D eigenvalue weighted by Gasteiger charge is 1.92. The van der Waals surface area contributed by atoms with Crippen LogP contribution in [0.15, 0.2) is 12.3 Å². The second kappa shape index (κ2) is 2.96. The lowest BCUT2D eigenvalue weighted by atomic mass is 10.5. The van der Waals surface area contributed by atoms with E-state index in [1.807, 2.05) is 13.0 Å². The number of carbonyl (C=O) groups is 1. The van der Waals surface area contributed by atoms with Crippen LogP contribution in [-0.2, 0) is 0 Å². The molecule has 10 heavy (non-hydrogen) atoms. The highest BCUT2D eigenvalue weighted by atomic mass is 16.1. The van der Waals surface area contributed by atoms with Gasteiger partial charge in [0.25, 0.3) is 0 Å². The molecule has 0 aliphatic rings. The Labute approximate surface area is 58.8 Å². The van der Waals surface area contributed by atoms with Crippen molar-refractivity contribution in [3.05, 3.63) is 23.8 Å². The second-order valence-electron chi connectivity index (χ2n) is 1.84. The monoisotopic (exact) mass is 136 g/mol. The minimum absolute atomic E-state index is 0.508. The minimum Gasteiger partial charge on any atom is -0.336 e. The summed E-state index contributed by atoms with van der Waals surface area (Å²) in [5.74, 6) is 0.713. The van der Waals surface area contributed by atoms with Gasteiger partial charge in [-0.15, -0.1) is 0 Å². The van der Waals surface area contributed by atoms with Gasteiger partial charge in [0.15, 0.2) is 6.29 Å². The van der Waals surface area contributed by atoms with Crippen LogP contribution in [0.4, 0.5) is 0 Å². The Kier molecular flexibility index (Phi) is 1.99. The Morgan fingerprint density at radius 3 is 3.00 bits per heavy atom. The summed E-state index contributed by atoms with van der Waals surface area (Å²) >= 11 is 0. The third-order valence-corrected chi connectivity index (χ3v) is 1.07. The first-order valence-corrected chi connectivity index (χ1v) is 2.99. The van der Waals surface area contributed by atoms with Crippen LogP contribution in [0.25, 0.3) is 6.08 Å². The van der Waals surface area contributed by atoms with Crippen molar-refractivity contribution in [2.24, 2.45) is 0 Å². The van der Waals surface area contributed by atoms with E-state index in [2.05, 4.69) is 9.97 Å². The maximum absolute atomic E-state index is 10.1. The van der Waals surface area contributed by atoms with Crippen LogP contribution < -0.4 is 0 Å². The third-order valence-electron chi connectivity index (χ3n) is 1.07. The van der Waals surface area contributed by atoms with Gasteiger partial charge in [-0.3, -0.25) is 4.79 Å². The van der Waals surface area contributed by atoms with E-state index >= 15 is 0 Å². The van der Waals surface area contributed by atoms with Crippen molar-refractivity contribution < 1.29 is 4.79 Å². The van der Waals surface area contributed by atoms with E-state index in [4.69, 9.17) is 0 Å². The molecular formula is C7H8N2O. The van der Waals surface area contributed by atoms with Gasteiger partial charge in [-0.25, -0.2) is 4.98 Å². The van der Waals surface area contributed by atoms with E-state index in [0.717, 1.165) is 6.29 Å². The molecule has 0 amide bonds. The number of hydrogen-bond donors (Lipinski definition) is 1. The van der Waals surface area contributed by atoms with Crippen LogP contribution in [0.3, 0.4) is 0 Å². The summed E-state index contributed by atoms with van der Waals surface area (Å²) in [6, 6.07) is 0. The van der Waals surface area contributed by atoms with Crippen molar-refractivity contribution in [3.8, 4) is 0 Å². The van der Waals surface area contributed by atoms with Crippen molar-refractivity contribution in [1.29, 1.82) is 0 Å². The largest absolute Gasteiger partial charge is 0.336 e. The summed E-state index contributed by atoms with van der Waals surface area (Å²) in [6.45, 7) is 1.89. The zero-order valence-electron chi connectivity index (χ0n) is 5.66.